The van der Waals surface area contributed by atoms with Crippen LogP contribution in [-0.2, 0) is 4.79 Å². The zero-order valence-corrected chi connectivity index (χ0v) is 11.3. The summed E-state index contributed by atoms with van der Waals surface area (Å²) in [5.74, 6) is 1.59. The van der Waals surface area contributed by atoms with Crippen LogP contribution in [0.25, 0.3) is 0 Å². The lowest BCUT2D eigenvalue weighted by atomic mass is 9.98. The molecule has 0 aromatic heterocycles. The Bertz CT molecular complexity index is 309. The summed E-state index contributed by atoms with van der Waals surface area (Å²) in [6.45, 7) is 3.77. The standard InChI is InChI=1S/C12H21N3OS/c1-9(14)5-6-17-7-11(16)15-12(2,8-13)10-3-4-10/h9-10H,3-7,14H2,1-2H3,(H,15,16). The molecule has 1 aliphatic rings. The zero-order valence-electron chi connectivity index (χ0n) is 10.5. The van der Waals surface area contributed by atoms with Crippen molar-refractivity contribution in [2.75, 3.05) is 11.5 Å². The second-order valence-corrected chi connectivity index (χ2v) is 6.06. The van der Waals surface area contributed by atoms with Crippen molar-refractivity contribution >= 4 is 17.7 Å². The number of amides is 1. The third-order valence-electron chi connectivity index (χ3n) is 2.98. The van der Waals surface area contributed by atoms with Gasteiger partial charge in [-0.05, 0) is 44.8 Å². The van der Waals surface area contributed by atoms with Crippen molar-refractivity contribution in [3.05, 3.63) is 0 Å². The Morgan fingerprint density at radius 2 is 2.35 bits per heavy atom. The summed E-state index contributed by atoms with van der Waals surface area (Å²) in [7, 11) is 0. The van der Waals surface area contributed by atoms with E-state index >= 15 is 0 Å². The van der Waals surface area contributed by atoms with Crippen molar-refractivity contribution < 1.29 is 4.79 Å². The molecule has 0 aliphatic heterocycles. The maximum absolute atomic E-state index is 11.7. The predicted molar refractivity (Wildman–Crippen MR) is 70.5 cm³/mol. The first kappa shape index (κ1) is 14.3. The van der Waals surface area contributed by atoms with Crippen LogP contribution in [0.4, 0.5) is 0 Å². The monoisotopic (exact) mass is 255 g/mol. The molecule has 1 amide bonds. The van der Waals surface area contributed by atoms with E-state index in [9.17, 15) is 4.79 Å². The van der Waals surface area contributed by atoms with Crippen LogP contribution in [-0.4, -0.2) is 29.0 Å². The fourth-order valence-electron chi connectivity index (χ4n) is 1.64. The molecule has 0 aromatic carbocycles. The zero-order chi connectivity index (χ0) is 12.9. The molecule has 2 unspecified atom stereocenters. The van der Waals surface area contributed by atoms with Gasteiger partial charge in [-0.15, -0.1) is 0 Å². The fourth-order valence-corrected chi connectivity index (χ4v) is 2.58. The van der Waals surface area contributed by atoms with Crippen LogP contribution in [0.15, 0.2) is 0 Å². The second-order valence-electron chi connectivity index (χ2n) is 4.96. The number of hydrogen-bond acceptors (Lipinski definition) is 4. The van der Waals surface area contributed by atoms with Crippen molar-refractivity contribution in [2.45, 2.75) is 44.7 Å². The van der Waals surface area contributed by atoms with E-state index in [4.69, 9.17) is 11.0 Å². The molecule has 3 N–H and O–H groups in total. The highest BCUT2D eigenvalue weighted by molar-refractivity contribution is 7.99. The Balaban J connectivity index is 2.22. The molecule has 0 heterocycles. The topological polar surface area (TPSA) is 78.9 Å². The molecule has 1 aliphatic carbocycles. The van der Waals surface area contributed by atoms with Gasteiger partial charge in [-0.2, -0.15) is 17.0 Å². The van der Waals surface area contributed by atoms with Crippen LogP contribution in [0.3, 0.4) is 0 Å². The van der Waals surface area contributed by atoms with E-state index in [-0.39, 0.29) is 11.9 Å². The van der Waals surface area contributed by atoms with Gasteiger partial charge in [-0.3, -0.25) is 4.79 Å². The first-order valence-corrected chi connectivity index (χ1v) is 7.19. The lowest BCUT2D eigenvalue weighted by Crippen LogP contribution is -2.47. The van der Waals surface area contributed by atoms with E-state index in [0.717, 1.165) is 25.0 Å². The Morgan fingerprint density at radius 1 is 1.71 bits per heavy atom. The largest absolute Gasteiger partial charge is 0.337 e. The van der Waals surface area contributed by atoms with Crippen molar-refractivity contribution in [2.24, 2.45) is 11.7 Å². The Kier molecular flexibility index (Phi) is 5.29. The average Bonchev–Trinajstić information content (AvgIpc) is 3.08. The number of rotatable bonds is 7. The van der Waals surface area contributed by atoms with E-state index in [1.54, 1.807) is 11.8 Å². The van der Waals surface area contributed by atoms with Crippen LogP contribution in [0.1, 0.15) is 33.1 Å². The highest BCUT2D eigenvalue weighted by atomic mass is 32.2. The van der Waals surface area contributed by atoms with Crippen LogP contribution < -0.4 is 11.1 Å². The molecule has 5 heteroatoms. The molecule has 0 saturated heterocycles. The van der Waals surface area contributed by atoms with Gasteiger partial charge in [0.1, 0.15) is 5.54 Å². The number of nitrogens with one attached hydrogen (secondary N) is 1. The van der Waals surface area contributed by atoms with Crippen LogP contribution in [0.2, 0.25) is 0 Å². The SMILES string of the molecule is CC(N)CCSCC(=O)NC(C)(C#N)C1CC1. The highest BCUT2D eigenvalue weighted by Gasteiger charge is 2.42. The van der Waals surface area contributed by atoms with Gasteiger partial charge in [0.2, 0.25) is 5.91 Å². The van der Waals surface area contributed by atoms with Gasteiger partial charge in [-0.25, -0.2) is 0 Å². The summed E-state index contributed by atoms with van der Waals surface area (Å²) in [5, 5.41) is 11.9. The summed E-state index contributed by atoms with van der Waals surface area (Å²) >= 11 is 1.57. The van der Waals surface area contributed by atoms with Crippen molar-refractivity contribution in [3.8, 4) is 6.07 Å². The third kappa shape index (κ3) is 4.97. The Hall–Kier alpha value is -0.730. The highest BCUT2D eigenvalue weighted by Crippen LogP contribution is 2.39. The van der Waals surface area contributed by atoms with E-state index in [1.807, 2.05) is 13.8 Å². The molecule has 1 saturated carbocycles. The maximum atomic E-state index is 11.7. The number of nitriles is 1. The minimum absolute atomic E-state index is 0.0457. The molecular weight excluding hydrogens is 234 g/mol. The normalized spacial score (nSPS) is 20.1. The van der Waals surface area contributed by atoms with Crippen LogP contribution in [0, 0.1) is 17.2 Å². The van der Waals surface area contributed by atoms with E-state index in [1.165, 1.54) is 0 Å². The first-order chi connectivity index (χ1) is 7.98. The number of carbonyl (C=O) groups is 1. The number of nitrogens with two attached hydrogens (primary N) is 1. The average molecular weight is 255 g/mol. The van der Waals surface area contributed by atoms with Gasteiger partial charge >= 0.3 is 0 Å². The Labute approximate surface area is 107 Å². The van der Waals surface area contributed by atoms with Gasteiger partial charge < -0.3 is 11.1 Å². The number of carbonyl (C=O) groups excluding carboxylic acids is 1. The van der Waals surface area contributed by atoms with Gasteiger partial charge in [0.05, 0.1) is 11.8 Å². The van der Waals surface area contributed by atoms with Crippen LogP contribution >= 0.6 is 11.8 Å². The van der Waals surface area contributed by atoms with E-state index in [2.05, 4.69) is 11.4 Å². The maximum Gasteiger partial charge on any atom is 0.231 e. The minimum atomic E-state index is -0.668. The molecule has 2 atom stereocenters. The number of thioether (sulfide) groups is 1. The smallest absolute Gasteiger partial charge is 0.231 e. The van der Waals surface area contributed by atoms with Gasteiger partial charge in [0.25, 0.3) is 0 Å². The van der Waals surface area contributed by atoms with Crippen molar-refractivity contribution in [3.63, 3.8) is 0 Å². The molecule has 0 radical (unpaired) electrons. The summed E-state index contributed by atoms with van der Waals surface area (Å²) in [4.78, 5) is 11.7. The molecule has 1 fully saturated rings. The summed E-state index contributed by atoms with van der Waals surface area (Å²) in [5.41, 5.74) is 4.96. The molecule has 96 valence electrons. The van der Waals surface area contributed by atoms with Gasteiger partial charge in [-0.1, -0.05) is 0 Å². The van der Waals surface area contributed by atoms with E-state index in [0.29, 0.717) is 11.7 Å². The molecule has 17 heavy (non-hydrogen) atoms. The van der Waals surface area contributed by atoms with Gasteiger partial charge in [0.15, 0.2) is 0 Å². The fraction of sp³-hybridized carbons (Fsp3) is 0.833. The van der Waals surface area contributed by atoms with Crippen LogP contribution in [0.5, 0.6) is 0 Å². The van der Waals surface area contributed by atoms with Crippen molar-refractivity contribution in [1.29, 1.82) is 5.26 Å². The second kappa shape index (κ2) is 6.27. The van der Waals surface area contributed by atoms with E-state index < -0.39 is 5.54 Å². The molecule has 0 spiro atoms. The van der Waals surface area contributed by atoms with Gasteiger partial charge in [0, 0.05) is 6.04 Å². The number of nitrogens with zero attached hydrogens (tertiary/aromatic N) is 1. The lowest BCUT2D eigenvalue weighted by molar-refractivity contribution is -0.119. The molecular formula is C12H21N3OS. The molecule has 1 rings (SSSR count). The molecule has 0 bridgehead atoms. The summed E-state index contributed by atoms with van der Waals surface area (Å²) < 4.78 is 0. The first-order valence-electron chi connectivity index (χ1n) is 6.03. The number of hydrogen-bond donors (Lipinski definition) is 2. The molecule has 0 aromatic rings. The molecule has 4 nitrogen and oxygen atoms in total. The predicted octanol–water partition coefficient (Wildman–Crippen LogP) is 1.27. The van der Waals surface area contributed by atoms with Crippen molar-refractivity contribution in [1.82, 2.24) is 5.32 Å². The summed E-state index contributed by atoms with van der Waals surface area (Å²) in [6, 6.07) is 2.40. The minimum Gasteiger partial charge on any atom is -0.337 e. The lowest BCUT2D eigenvalue weighted by Gasteiger charge is -2.22. The Morgan fingerprint density at radius 3 is 2.82 bits per heavy atom. The summed E-state index contributed by atoms with van der Waals surface area (Å²) in [6.07, 6.45) is 3.00. The third-order valence-corrected chi connectivity index (χ3v) is 3.97. The quantitative estimate of drug-likeness (QED) is 0.671.